The molecule has 0 atom stereocenters. The van der Waals surface area contributed by atoms with Gasteiger partial charge >= 0.3 is 12.0 Å². The molecule has 1 aromatic rings. The summed E-state index contributed by atoms with van der Waals surface area (Å²) < 4.78 is 0. The highest BCUT2D eigenvalue weighted by Gasteiger charge is 2.37. The maximum absolute atomic E-state index is 12.2. The van der Waals surface area contributed by atoms with Crippen molar-refractivity contribution in [1.82, 2.24) is 9.88 Å². The van der Waals surface area contributed by atoms with E-state index in [1.54, 1.807) is 6.92 Å². The molecule has 1 heterocycles. The van der Waals surface area contributed by atoms with Crippen LogP contribution in [0.15, 0.2) is 0 Å². The number of thiazole rings is 1. The lowest BCUT2D eigenvalue weighted by Gasteiger charge is -2.33. The van der Waals surface area contributed by atoms with E-state index in [0.717, 1.165) is 25.0 Å². The van der Waals surface area contributed by atoms with Crippen LogP contribution in [0, 0.1) is 0 Å². The zero-order chi connectivity index (χ0) is 14.9. The van der Waals surface area contributed by atoms with Crippen LogP contribution in [0.4, 0.5) is 9.93 Å². The van der Waals surface area contributed by atoms with Gasteiger partial charge in [-0.05, 0) is 40.0 Å². The summed E-state index contributed by atoms with van der Waals surface area (Å²) in [6.45, 7) is 5.10. The molecule has 110 valence electrons. The van der Waals surface area contributed by atoms with Crippen molar-refractivity contribution < 1.29 is 14.7 Å². The molecule has 1 aliphatic carbocycles. The maximum Gasteiger partial charge on any atom is 0.329 e. The third kappa shape index (κ3) is 2.63. The van der Waals surface area contributed by atoms with E-state index in [1.807, 2.05) is 0 Å². The highest BCUT2D eigenvalue weighted by molar-refractivity contribution is 7.15. The van der Waals surface area contributed by atoms with E-state index < -0.39 is 17.5 Å². The van der Waals surface area contributed by atoms with Crippen molar-refractivity contribution in [1.29, 1.82) is 0 Å². The number of urea groups is 1. The minimum Gasteiger partial charge on any atom is -0.480 e. The molecule has 20 heavy (non-hydrogen) atoms. The molecule has 1 aliphatic rings. The lowest BCUT2D eigenvalue weighted by molar-refractivity contribution is -0.147. The van der Waals surface area contributed by atoms with Crippen LogP contribution in [0.1, 0.15) is 37.8 Å². The van der Waals surface area contributed by atoms with E-state index in [0.29, 0.717) is 11.7 Å². The summed E-state index contributed by atoms with van der Waals surface area (Å²) in [5.74, 6) is -1.03. The van der Waals surface area contributed by atoms with Crippen molar-refractivity contribution in [3.8, 4) is 0 Å². The van der Waals surface area contributed by atoms with E-state index in [4.69, 9.17) is 0 Å². The molecular weight excluding hydrogens is 278 g/mol. The van der Waals surface area contributed by atoms with Crippen LogP contribution in [-0.4, -0.2) is 39.1 Å². The topological polar surface area (TPSA) is 82.5 Å². The Hall–Kier alpha value is -1.63. The number of aliphatic carboxylic acids is 1. The maximum atomic E-state index is 12.2. The number of nitrogens with one attached hydrogen (secondary N) is 1. The summed E-state index contributed by atoms with van der Waals surface area (Å²) in [6.07, 6.45) is 3.09. The molecule has 0 aromatic carbocycles. The van der Waals surface area contributed by atoms with E-state index >= 15 is 0 Å². The Morgan fingerprint density at radius 2 is 2.15 bits per heavy atom. The van der Waals surface area contributed by atoms with E-state index in [2.05, 4.69) is 10.3 Å². The Bertz CT molecular complexity index is 517. The van der Waals surface area contributed by atoms with E-state index in [-0.39, 0.29) is 0 Å². The quantitative estimate of drug-likeness (QED) is 0.893. The average Bonchev–Trinajstić information content (AvgIpc) is 2.89. The molecule has 0 unspecified atom stereocenters. The third-order valence-corrected chi connectivity index (χ3v) is 4.64. The minimum absolute atomic E-state index is 0.316. The fourth-order valence-corrected chi connectivity index (χ4v) is 3.35. The number of nitrogens with zero attached hydrogens (tertiary/aromatic N) is 2. The van der Waals surface area contributed by atoms with Gasteiger partial charge in [0.15, 0.2) is 5.13 Å². The summed E-state index contributed by atoms with van der Waals surface area (Å²) in [7, 11) is 0. The van der Waals surface area contributed by atoms with Crippen LogP contribution in [0.2, 0.25) is 0 Å². The van der Waals surface area contributed by atoms with Gasteiger partial charge in [-0.2, -0.15) is 0 Å². The zero-order valence-corrected chi connectivity index (χ0v) is 12.7. The molecule has 0 saturated carbocycles. The highest BCUT2D eigenvalue weighted by atomic mass is 32.1. The number of carboxylic acid groups (broad SMARTS) is 1. The summed E-state index contributed by atoms with van der Waals surface area (Å²) in [6, 6.07) is -0.424. The molecule has 0 saturated heterocycles. The number of amides is 2. The number of hydrogen-bond acceptors (Lipinski definition) is 4. The summed E-state index contributed by atoms with van der Waals surface area (Å²) in [5.41, 5.74) is -0.190. The van der Waals surface area contributed by atoms with Crippen LogP contribution in [0.3, 0.4) is 0 Å². The smallest absolute Gasteiger partial charge is 0.329 e. The number of carbonyl (C=O) groups excluding carboxylic acids is 1. The number of fused-ring (bicyclic) bond motifs is 1. The zero-order valence-electron chi connectivity index (χ0n) is 11.9. The van der Waals surface area contributed by atoms with Crippen molar-refractivity contribution in [3.05, 3.63) is 10.6 Å². The predicted octanol–water partition coefficient (Wildman–Crippen LogP) is 2.35. The first-order valence-electron chi connectivity index (χ1n) is 6.66. The first kappa shape index (κ1) is 14.8. The van der Waals surface area contributed by atoms with E-state index in [9.17, 15) is 14.7 Å². The lowest BCUT2D eigenvalue weighted by Crippen LogP contribution is -2.54. The van der Waals surface area contributed by atoms with Crippen molar-refractivity contribution >= 4 is 28.5 Å². The molecule has 7 heteroatoms. The fourth-order valence-electron chi connectivity index (χ4n) is 2.31. The Kier molecular flexibility index (Phi) is 3.99. The van der Waals surface area contributed by atoms with E-state index in [1.165, 1.54) is 35.0 Å². The van der Waals surface area contributed by atoms with Crippen LogP contribution < -0.4 is 5.32 Å². The number of likely N-dealkylation sites (N-methyl/N-ethyl adjacent to an activating group) is 1. The molecule has 2 N–H and O–H groups in total. The summed E-state index contributed by atoms with van der Waals surface area (Å²) in [5, 5.41) is 12.5. The average molecular weight is 297 g/mol. The second-order valence-electron chi connectivity index (χ2n) is 5.28. The van der Waals surface area contributed by atoms with Gasteiger partial charge in [-0.1, -0.05) is 0 Å². The minimum atomic E-state index is -1.25. The molecule has 0 spiro atoms. The van der Waals surface area contributed by atoms with Crippen molar-refractivity contribution in [2.24, 2.45) is 0 Å². The van der Waals surface area contributed by atoms with Crippen molar-refractivity contribution in [2.45, 2.75) is 45.6 Å². The predicted molar refractivity (Wildman–Crippen MR) is 77.3 cm³/mol. The Balaban J connectivity index is 2.11. The number of rotatable bonds is 4. The molecule has 2 amide bonds. The number of aryl methyl sites for hydroxylation is 2. The van der Waals surface area contributed by atoms with Gasteiger partial charge in [-0.25, -0.2) is 14.6 Å². The van der Waals surface area contributed by atoms with Gasteiger partial charge < -0.3 is 10.0 Å². The van der Waals surface area contributed by atoms with Crippen molar-refractivity contribution in [3.63, 3.8) is 0 Å². The molecule has 0 radical (unpaired) electrons. The number of carbonyl (C=O) groups is 2. The Morgan fingerprint density at radius 3 is 2.70 bits per heavy atom. The van der Waals surface area contributed by atoms with Gasteiger partial charge in [0, 0.05) is 11.4 Å². The molecule has 0 aliphatic heterocycles. The SMILES string of the molecule is CCN(C(=O)Nc1nc2c(s1)CCC2)C(C)(C)C(=O)O. The van der Waals surface area contributed by atoms with Gasteiger partial charge in [-0.15, -0.1) is 11.3 Å². The fraction of sp³-hybridized carbons (Fsp3) is 0.615. The summed E-state index contributed by atoms with van der Waals surface area (Å²) >= 11 is 1.48. The van der Waals surface area contributed by atoms with Gasteiger partial charge in [0.05, 0.1) is 5.69 Å². The van der Waals surface area contributed by atoms with Crippen LogP contribution in [-0.2, 0) is 17.6 Å². The highest BCUT2D eigenvalue weighted by Crippen LogP contribution is 2.30. The lowest BCUT2D eigenvalue weighted by atomic mass is 10.0. The van der Waals surface area contributed by atoms with Gasteiger partial charge in [0.1, 0.15) is 5.54 Å². The molecule has 6 nitrogen and oxygen atoms in total. The monoisotopic (exact) mass is 297 g/mol. The molecule has 1 aromatic heterocycles. The largest absolute Gasteiger partial charge is 0.480 e. The van der Waals surface area contributed by atoms with Gasteiger partial charge in [0.2, 0.25) is 0 Å². The van der Waals surface area contributed by atoms with Crippen LogP contribution >= 0.6 is 11.3 Å². The second-order valence-corrected chi connectivity index (χ2v) is 6.36. The molecule has 0 fully saturated rings. The van der Waals surface area contributed by atoms with Crippen molar-refractivity contribution in [2.75, 3.05) is 11.9 Å². The number of carboxylic acids is 1. The second kappa shape index (κ2) is 5.40. The van der Waals surface area contributed by atoms with Gasteiger partial charge in [0.25, 0.3) is 0 Å². The first-order chi connectivity index (χ1) is 9.36. The Labute approximate surface area is 121 Å². The number of hydrogen-bond donors (Lipinski definition) is 2. The molecular formula is C13H19N3O3S. The summed E-state index contributed by atoms with van der Waals surface area (Å²) in [4.78, 5) is 30.4. The number of anilines is 1. The van der Waals surface area contributed by atoms with Crippen LogP contribution in [0.25, 0.3) is 0 Å². The number of aromatic nitrogens is 1. The molecule has 2 rings (SSSR count). The normalized spacial score (nSPS) is 13.9. The molecule has 0 bridgehead atoms. The Morgan fingerprint density at radius 1 is 1.45 bits per heavy atom. The standard InChI is InChI=1S/C13H19N3O3S/c1-4-16(13(2,3)10(17)18)12(19)15-11-14-8-6-5-7-9(8)20-11/h4-7H2,1-3H3,(H,17,18)(H,14,15,19). The van der Waals surface area contributed by atoms with Gasteiger partial charge in [-0.3, -0.25) is 5.32 Å². The third-order valence-electron chi connectivity index (χ3n) is 3.57. The first-order valence-corrected chi connectivity index (χ1v) is 7.48. The van der Waals surface area contributed by atoms with Crippen LogP contribution in [0.5, 0.6) is 0 Å².